The highest BCUT2D eigenvalue weighted by molar-refractivity contribution is 6.09. The normalized spacial score (nSPS) is 16.3. The smallest absolute Gasteiger partial charge is 0.387 e. The van der Waals surface area contributed by atoms with Gasteiger partial charge in [-0.15, -0.1) is 0 Å². The van der Waals surface area contributed by atoms with Crippen LogP contribution in [-0.2, 0) is 11.3 Å². The molecule has 4 aromatic rings. The van der Waals surface area contributed by atoms with Crippen LogP contribution in [0.1, 0.15) is 41.8 Å². The van der Waals surface area contributed by atoms with Crippen LogP contribution >= 0.6 is 0 Å². The minimum absolute atomic E-state index is 0.0147. The molecule has 2 aromatic heterocycles. The van der Waals surface area contributed by atoms with E-state index in [-0.39, 0.29) is 23.2 Å². The van der Waals surface area contributed by atoms with Gasteiger partial charge < -0.3 is 14.1 Å². The molecule has 1 amide bonds. The minimum Gasteiger partial charge on any atom is -0.452 e. The topological polar surface area (TPSA) is 55.6 Å². The van der Waals surface area contributed by atoms with Gasteiger partial charge in [-0.2, -0.15) is 8.78 Å². The first-order valence-corrected chi connectivity index (χ1v) is 11.4. The lowest BCUT2D eigenvalue weighted by molar-refractivity contribution is -0.128. The molecule has 0 bridgehead atoms. The van der Waals surface area contributed by atoms with Gasteiger partial charge in [0.05, 0.1) is 17.9 Å². The predicted octanol–water partition coefficient (Wildman–Crippen LogP) is 6.77. The van der Waals surface area contributed by atoms with E-state index in [9.17, 15) is 13.6 Å². The summed E-state index contributed by atoms with van der Waals surface area (Å²) >= 11 is 0. The van der Waals surface area contributed by atoms with Crippen LogP contribution in [-0.4, -0.2) is 28.9 Å². The van der Waals surface area contributed by atoms with E-state index in [1.165, 1.54) is 6.07 Å². The Balaban J connectivity index is 1.48. The number of para-hydroxylation sites is 1. The quantitative estimate of drug-likeness (QED) is 0.296. The number of halogens is 2. The summed E-state index contributed by atoms with van der Waals surface area (Å²) in [5.41, 5.74) is 4.26. The van der Waals surface area contributed by atoms with E-state index in [1.54, 1.807) is 23.1 Å². The molecule has 1 atom stereocenters. The maximum absolute atomic E-state index is 13.0. The van der Waals surface area contributed by atoms with Crippen LogP contribution in [0, 0.1) is 0 Å². The second-order valence-electron chi connectivity index (χ2n) is 8.49. The second-order valence-corrected chi connectivity index (χ2v) is 8.49. The number of nitrogens with zero attached hydrogens (tertiary/aromatic N) is 2. The van der Waals surface area contributed by atoms with Crippen molar-refractivity contribution in [3.8, 4) is 5.75 Å². The number of allylic oxidation sites excluding steroid dienone is 1. The van der Waals surface area contributed by atoms with Crippen molar-refractivity contribution in [2.24, 2.45) is 0 Å². The zero-order chi connectivity index (χ0) is 24.5. The Labute approximate surface area is 201 Å². The molecule has 7 heteroatoms. The minimum atomic E-state index is -2.96. The summed E-state index contributed by atoms with van der Waals surface area (Å²) in [4.78, 5) is 19.5. The van der Waals surface area contributed by atoms with Crippen molar-refractivity contribution in [3.63, 3.8) is 0 Å². The number of benzene rings is 2. The lowest BCUT2D eigenvalue weighted by Crippen LogP contribution is -2.25. The lowest BCUT2D eigenvalue weighted by atomic mass is 9.93. The number of furan rings is 1. The van der Waals surface area contributed by atoms with Crippen LogP contribution in [0.25, 0.3) is 34.1 Å². The number of ether oxygens (including phenoxy) is 1. The highest BCUT2D eigenvalue weighted by Gasteiger charge is 2.33. The van der Waals surface area contributed by atoms with Gasteiger partial charge in [0.2, 0.25) is 5.91 Å². The Bertz CT molecular complexity index is 1460. The van der Waals surface area contributed by atoms with Crippen LogP contribution in [0.2, 0.25) is 0 Å². The third-order valence-corrected chi connectivity index (χ3v) is 6.31. The molecular formula is C28H24F2N2O3. The van der Waals surface area contributed by atoms with Gasteiger partial charge in [0.15, 0.2) is 11.3 Å². The number of likely N-dealkylation sites (tertiary alicyclic amines) is 1. The molecule has 3 heterocycles. The first-order chi connectivity index (χ1) is 17.0. The zero-order valence-corrected chi connectivity index (χ0v) is 19.2. The van der Waals surface area contributed by atoms with Crippen molar-refractivity contribution in [1.29, 1.82) is 0 Å². The lowest BCUT2D eigenvalue weighted by Gasteiger charge is -2.18. The van der Waals surface area contributed by atoms with Crippen molar-refractivity contribution in [3.05, 3.63) is 83.7 Å². The number of carbonyl (C=O) groups excluding carboxylic acids is 1. The standard InChI is InChI=1S/C28H24F2N2O3/c1-3-7-22-17(4-2)10-11-19(31-22)16-32-15-18(14-25(32)33)20-12-13-24(35-28(29)30)27-26(20)21-8-5-6-9-23(21)34-27/h3-13,18,28H,2,14-16H2,1H3/b7-3-. The summed E-state index contributed by atoms with van der Waals surface area (Å²) in [6, 6.07) is 14.5. The number of rotatable bonds is 7. The summed E-state index contributed by atoms with van der Waals surface area (Å²) in [6.07, 6.45) is 5.90. The largest absolute Gasteiger partial charge is 0.452 e. The van der Waals surface area contributed by atoms with E-state index in [1.807, 2.05) is 49.4 Å². The molecular weight excluding hydrogens is 450 g/mol. The van der Waals surface area contributed by atoms with Crippen LogP contribution in [0.5, 0.6) is 5.75 Å². The Morgan fingerprint density at radius 1 is 1.23 bits per heavy atom. The van der Waals surface area contributed by atoms with Gasteiger partial charge in [0.25, 0.3) is 0 Å². The fraction of sp³-hybridized carbons (Fsp3) is 0.214. The Kier molecular flexibility index (Phi) is 6.07. The highest BCUT2D eigenvalue weighted by Crippen LogP contribution is 2.42. The van der Waals surface area contributed by atoms with Crippen LogP contribution < -0.4 is 4.74 Å². The number of hydrogen-bond acceptors (Lipinski definition) is 4. The number of alkyl halides is 2. The van der Waals surface area contributed by atoms with Gasteiger partial charge in [0, 0.05) is 29.7 Å². The molecule has 0 aliphatic carbocycles. The van der Waals surface area contributed by atoms with Gasteiger partial charge in [0.1, 0.15) is 5.58 Å². The van der Waals surface area contributed by atoms with Crippen molar-refractivity contribution >= 4 is 40.0 Å². The SMILES string of the molecule is C=Cc1ccc(CN2CC(c3ccc(OC(F)F)c4oc5ccccc5c34)CC2=O)nc1/C=C\C. The number of pyridine rings is 1. The van der Waals surface area contributed by atoms with Gasteiger partial charge in [-0.1, -0.05) is 49.1 Å². The fourth-order valence-corrected chi connectivity index (χ4v) is 4.77. The molecule has 0 spiro atoms. The molecule has 0 radical (unpaired) electrons. The molecule has 1 unspecified atom stereocenters. The first kappa shape index (κ1) is 22.8. The zero-order valence-electron chi connectivity index (χ0n) is 19.2. The number of fused-ring (bicyclic) bond motifs is 3. The summed E-state index contributed by atoms with van der Waals surface area (Å²) in [5.74, 6) is -0.112. The third-order valence-electron chi connectivity index (χ3n) is 6.31. The molecule has 178 valence electrons. The van der Waals surface area contributed by atoms with Gasteiger partial charge in [-0.05, 0) is 42.3 Å². The second kappa shape index (κ2) is 9.33. The van der Waals surface area contributed by atoms with E-state index < -0.39 is 6.61 Å². The van der Waals surface area contributed by atoms with Gasteiger partial charge >= 0.3 is 6.61 Å². The Morgan fingerprint density at radius 2 is 2.06 bits per heavy atom. The molecule has 1 aliphatic rings. The summed E-state index contributed by atoms with van der Waals surface area (Å²) in [7, 11) is 0. The molecule has 1 aliphatic heterocycles. The van der Waals surface area contributed by atoms with E-state index in [0.29, 0.717) is 30.5 Å². The van der Waals surface area contributed by atoms with Crippen LogP contribution in [0.4, 0.5) is 8.78 Å². The van der Waals surface area contributed by atoms with E-state index in [4.69, 9.17) is 14.1 Å². The molecule has 35 heavy (non-hydrogen) atoms. The average Bonchev–Trinajstić information content (AvgIpc) is 3.41. The summed E-state index contributed by atoms with van der Waals surface area (Å²) in [5, 5.41) is 1.52. The first-order valence-electron chi connectivity index (χ1n) is 11.4. The number of amides is 1. The molecule has 1 fully saturated rings. The van der Waals surface area contributed by atoms with Crippen LogP contribution in [0.3, 0.4) is 0 Å². The van der Waals surface area contributed by atoms with Gasteiger partial charge in [-0.3, -0.25) is 9.78 Å². The van der Waals surface area contributed by atoms with Gasteiger partial charge in [-0.25, -0.2) is 0 Å². The Morgan fingerprint density at radius 3 is 2.83 bits per heavy atom. The molecule has 0 N–H and O–H groups in total. The molecule has 2 aromatic carbocycles. The van der Waals surface area contributed by atoms with Crippen molar-refractivity contribution in [2.75, 3.05) is 6.54 Å². The molecule has 0 saturated carbocycles. The van der Waals surface area contributed by atoms with Crippen molar-refractivity contribution in [2.45, 2.75) is 32.4 Å². The maximum atomic E-state index is 13.0. The maximum Gasteiger partial charge on any atom is 0.387 e. The number of hydrogen-bond donors (Lipinski definition) is 0. The van der Waals surface area contributed by atoms with Crippen LogP contribution in [0.15, 0.2) is 65.6 Å². The molecule has 5 nitrogen and oxygen atoms in total. The monoisotopic (exact) mass is 474 g/mol. The predicted molar refractivity (Wildman–Crippen MR) is 132 cm³/mol. The number of carbonyl (C=O) groups is 1. The van der Waals surface area contributed by atoms with E-state index >= 15 is 0 Å². The highest BCUT2D eigenvalue weighted by atomic mass is 19.3. The average molecular weight is 475 g/mol. The summed E-state index contributed by atoms with van der Waals surface area (Å²) in [6.45, 7) is 3.67. The van der Waals surface area contributed by atoms with Crippen molar-refractivity contribution < 1.29 is 22.7 Å². The van der Waals surface area contributed by atoms with E-state index in [2.05, 4.69) is 6.58 Å². The molecule has 1 saturated heterocycles. The van der Waals surface area contributed by atoms with E-state index in [0.717, 1.165) is 27.9 Å². The number of aromatic nitrogens is 1. The Hall–Kier alpha value is -4.00. The van der Waals surface area contributed by atoms with Crippen molar-refractivity contribution in [1.82, 2.24) is 9.88 Å². The fourth-order valence-electron chi connectivity index (χ4n) is 4.77. The summed E-state index contributed by atoms with van der Waals surface area (Å²) < 4.78 is 36.6. The third kappa shape index (κ3) is 4.30. The molecule has 5 rings (SSSR count).